The van der Waals surface area contributed by atoms with E-state index in [-0.39, 0.29) is 5.56 Å². The summed E-state index contributed by atoms with van der Waals surface area (Å²) in [5, 5.41) is 0. The molecule has 19 heavy (non-hydrogen) atoms. The molecule has 0 saturated carbocycles. The molecule has 0 radical (unpaired) electrons. The van der Waals surface area contributed by atoms with Crippen LogP contribution in [0.1, 0.15) is 18.0 Å². The van der Waals surface area contributed by atoms with Gasteiger partial charge in [0, 0.05) is 11.6 Å². The Balaban J connectivity index is 3.11. The van der Waals surface area contributed by atoms with Crippen molar-refractivity contribution in [1.29, 1.82) is 0 Å². The highest BCUT2D eigenvalue weighted by Gasteiger charge is 2.23. The van der Waals surface area contributed by atoms with Crippen molar-refractivity contribution in [2.24, 2.45) is 0 Å². The lowest BCUT2D eigenvalue weighted by Crippen LogP contribution is -2.30. The van der Waals surface area contributed by atoms with Gasteiger partial charge in [0.05, 0.1) is 25.8 Å². The van der Waals surface area contributed by atoms with Crippen LogP contribution in [-0.2, 0) is 19.6 Å². The molecule has 1 atom stereocenters. The van der Waals surface area contributed by atoms with Crippen LogP contribution in [0.5, 0.6) is 0 Å². The van der Waals surface area contributed by atoms with E-state index in [9.17, 15) is 22.0 Å². The normalized spacial score (nSPS) is 13.1. The number of esters is 1. The average Bonchev–Trinajstić information content (AvgIpc) is 2.26. The Morgan fingerprint density at radius 2 is 2.05 bits per heavy atom. The minimum Gasteiger partial charge on any atom is -0.469 e. The van der Waals surface area contributed by atoms with Crippen molar-refractivity contribution in [3.05, 3.63) is 35.4 Å². The predicted molar refractivity (Wildman–Crippen MR) is 63.7 cm³/mol. The van der Waals surface area contributed by atoms with Crippen LogP contribution in [0.15, 0.2) is 18.2 Å². The first-order valence-corrected chi connectivity index (χ1v) is 7.11. The van der Waals surface area contributed by atoms with E-state index in [2.05, 4.69) is 9.46 Å². The highest BCUT2D eigenvalue weighted by molar-refractivity contribution is 7.88. The number of halogens is 2. The Morgan fingerprint density at radius 3 is 2.53 bits per heavy atom. The first-order chi connectivity index (χ1) is 8.73. The Bertz CT molecular complexity index is 574. The maximum atomic E-state index is 13.6. The Labute approximate surface area is 109 Å². The molecule has 0 fully saturated rings. The molecule has 1 aromatic carbocycles. The van der Waals surface area contributed by atoms with Gasteiger partial charge >= 0.3 is 5.97 Å². The maximum absolute atomic E-state index is 13.6. The van der Waals surface area contributed by atoms with Crippen LogP contribution in [0.2, 0.25) is 0 Å². The van der Waals surface area contributed by atoms with Crippen molar-refractivity contribution in [3.8, 4) is 0 Å². The highest BCUT2D eigenvalue weighted by atomic mass is 32.2. The fraction of sp³-hybridized carbons (Fsp3) is 0.364. The molecule has 106 valence electrons. The van der Waals surface area contributed by atoms with Crippen LogP contribution in [0.25, 0.3) is 0 Å². The molecule has 0 aromatic heterocycles. The number of hydrogen-bond donors (Lipinski definition) is 1. The molecular formula is C11H13F2NO4S. The third-order valence-corrected chi connectivity index (χ3v) is 3.01. The Hall–Kier alpha value is -1.54. The molecule has 5 nitrogen and oxygen atoms in total. The average molecular weight is 293 g/mol. The van der Waals surface area contributed by atoms with Crippen molar-refractivity contribution in [3.63, 3.8) is 0 Å². The lowest BCUT2D eigenvalue weighted by atomic mass is 10.0. The number of ether oxygens (including phenoxy) is 1. The highest BCUT2D eigenvalue weighted by Crippen LogP contribution is 2.22. The van der Waals surface area contributed by atoms with E-state index < -0.39 is 40.1 Å². The van der Waals surface area contributed by atoms with Gasteiger partial charge < -0.3 is 4.74 Å². The molecule has 0 bridgehead atoms. The zero-order valence-electron chi connectivity index (χ0n) is 10.3. The zero-order chi connectivity index (χ0) is 14.6. The monoisotopic (exact) mass is 293 g/mol. The van der Waals surface area contributed by atoms with Gasteiger partial charge in [-0.2, -0.15) is 0 Å². The van der Waals surface area contributed by atoms with Crippen molar-refractivity contribution >= 4 is 16.0 Å². The smallest absolute Gasteiger partial charge is 0.307 e. The van der Waals surface area contributed by atoms with Gasteiger partial charge in [0.15, 0.2) is 0 Å². The summed E-state index contributed by atoms with van der Waals surface area (Å²) < 4.78 is 55.3. The third kappa shape index (κ3) is 4.92. The number of nitrogens with one attached hydrogen (secondary N) is 1. The number of benzene rings is 1. The van der Waals surface area contributed by atoms with Crippen molar-refractivity contribution in [2.75, 3.05) is 13.4 Å². The lowest BCUT2D eigenvalue weighted by molar-refractivity contribution is -0.141. The van der Waals surface area contributed by atoms with Gasteiger partial charge in [0.1, 0.15) is 11.6 Å². The SMILES string of the molecule is COC(=O)CC(NS(C)(=O)=O)c1ccc(F)cc1F. The van der Waals surface area contributed by atoms with E-state index >= 15 is 0 Å². The van der Waals surface area contributed by atoms with E-state index in [0.29, 0.717) is 6.07 Å². The van der Waals surface area contributed by atoms with Crippen LogP contribution in [0.3, 0.4) is 0 Å². The molecule has 8 heteroatoms. The van der Waals surface area contributed by atoms with Crippen LogP contribution < -0.4 is 4.72 Å². The molecule has 0 saturated heterocycles. The van der Waals surface area contributed by atoms with Crippen LogP contribution in [0.4, 0.5) is 8.78 Å². The standard InChI is InChI=1S/C11H13F2NO4S/c1-18-11(15)6-10(14-19(2,16)17)8-4-3-7(12)5-9(8)13/h3-5,10,14H,6H2,1-2H3. The second-order valence-corrected chi connectivity index (χ2v) is 5.67. The summed E-state index contributed by atoms with van der Waals surface area (Å²) in [7, 11) is -2.54. The maximum Gasteiger partial charge on any atom is 0.307 e. The van der Waals surface area contributed by atoms with Crippen LogP contribution in [0, 0.1) is 11.6 Å². The summed E-state index contributed by atoms with van der Waals surface area (Å²) in [6.45, 7) is 0. The Morgan fingerprint density at radius 1 is 1.42 bits per heavy atom. The molecule has 0 aliphatic carbocycles. The first kappa shape index (κ1) is 15.5. The summed E-state index contributed by atoms with van der Waals surface area (Å²) in [6.07, 6.45) is 0.477. The largest absolute Gasteiger partial charge is 0.469 e. The van der Waals surface area contributed by atoms with Gasteiger partial charge in [0.2, 0.25) is 10.0 Å². The first-order valence-electron chi connectivity index (χ1n) is 5.22. The van der Waals surface area contributed by atoms with Gasteiger partial charge in [-0.15, -0.1) is 0 Å². The second kappa shape index (κ2) is 6.07. The number of hydrogen-bond acceptors (Lipinski definition) is 4. The molecule has 0 heterocycles. The van der Waals surface area contributed by atoms with Gasteiger partial charge in [-0.05, 0) is 6.07 Å². The minimum absolute atomic E-state index is 0.128. The Kier molecular flexibility index (Phi) is 4.96. The summed E-state index contributed by atoms with van der Waals surface area (Å²) in [5.41, 5.74) is -0.128. The van der Waals surface area contributed by atoms with Crippen molar-refractivity contribution < 1.29 is 26.7 Å². The molecule has 1 unspecified atom stereocenters. The lowest BCUT2D eigenvalue weighted by Gasteiger charge is -2.17. The van der Waals surface area contributed by atoms with Gasteiger partial charge in [0.25, 0.3) is 0 Å². The van der Waals surface area contributed by atoms with Crippen LogP contribution >= 0.6 is 0 Å². The zero-order valence-corrected chi connectivity index (χ0v) is 11.1. The van der Waals surface area contributed by atoms with E-state index in [4.69, 9.17) is 0 Å². The van der Waals surface area contributed by atoms with E-state index in [1.54, 1.807) is 0 Å². The van der Waals surface area contributed by atoms with Gasteiger partial charge in [-0.3, -0.25) is 4.79 Å². The predicted octanol–water partition coefficient (Wildman–Crippen LogP) is 1.12. The van der Waals surface area contributed by atoms with Crippen molar-refractivity contribution in [1.82, 2.24) is 4.72 Å². The second-order valence-electron chi connectivity index (χ2n) is 3.89. The number of sulfonamides is 1. The third-order valence-electron chi connectivity index (χ3n) is 2.29. The quantitative estimate of drug-likeness (QED) is 0.826. The fourth-order valence-electron chi connectivity index (χ4n) is 1.51. The van der Waals surface area contributed by atoms with Crippen molar-refractivity contribution in [2.45, 2.75) is 12.5 Å². The van der Waals surface area contributed by atoms with Gasteiger partial charge in [-0.1, -0.05) is 6.07 Å². The minimum atomic E-state index is -3.67. The molecule has 1 aromatic rings. The summed E-state index contributed by atoms with van der Waals surface area (Å²) >= 11 is 0. The summed E-state index contributed by atoms with van der Waals surface area (Å²) in [6, 6.07) is 1.52. The summed E-state index contributed by atoms with van der Waals surface area (Å²) in [5.74, 6) is -2.45. The number of rotatable bonds is 5. The fourth-order valence-corrected chi connectivity index (χ4v) is 2.23. The number of carbonyl (C=O) groups is 1. The number of methoxy groups -OCH3 is 1. The van der Waals surface area contributed by atoms with E-state index in [1.807, 2.05) is 0 Å². The van der Waals surface area contributed by atoms with E-state index in [0.717, 1.165) is 25.5 Å². The molecule has 1 N–H and O–H groups in total. The van der Waals surface area contributed by atoms with E-state index in [1.165, 1.54) is 0 Å². The molecule has 0 spiro atoms. The molecular weight excluding hydrogens is 280 g/mol. The molecule has 0 amide bonds. The topological polar surface area (TPSA) is 72.5 Å². The molecule has 1 rings (SSSR count). The molecule has 0 aliphatic heterocycles. The molecule has 0 aliphatic rings. The summed E-state index contributed by atoms with van der Waals surface area (Å²) in [4.78, 5) is 11.2. The van der Waals surface area contributed by atoms with Crippen LogP contribution in [-0.4, -0.2) is 27.8 Å². The number of carbonyl (C=O) groups excluding carboxylic acids is 1. The van der Waals surface area contributed by atoms with Gasteiger partial charge in [-0.25, -0.2) is 21.9 Å².